The van der Waals surface area contributed by atoms with Crippen LogP contribution in [0.4, 0.5) is 5.82 Å². The van der Waals surface area contributed by atoms with Crippen LogP contribution in [-0.2, 0) is 13.0 Å². The van der Waals surface area contributed by atoms with Gasteiger partial charge in [0, 0.05) is 24.5 Å². The summed E-state index contributed by atoms with van der Waals surface area (Å²) in [6.45, 7) is 14.1. The highest BCUT2D eigenvalue weighted by Gasteiger charge is 2.25. The van der Waals surface area contributed by atoms with Gasteiger partial charge in [0.25, 0.3) is 5.78 Å². The van der Waals surface area contributed by atoms with Crippen molar-refractivity contribution in [3.05, 3.63) is 10.4 Å². The summed E-state index contributed by atoms with van der Waals surface area (Å²) in [5.74, 6) is 1.51. The largest absolute Gasteiger partial charge is 0.369 e. The molecule has 0 aliphatic carbocycles. The molecule has 0 saturated heterocycles. The van der Waals surface area contributed by atoms with Gasteiger partial charge in [0.2, 0.25) is 0 Å². The van der Waals surface area contributed by atoms with E-state index in [2.05, 4.69) is 51.4 Å². The average Bonchev–Trinajstić information content (AvgIpc) is 3.31. The normalized spacial score (nSPS) is 15.1. The smallest absolute Gasteiger partial charge is 0.276 e. The number of hydrogen-bond donors (Lipinski definition) is 1. The summed E-state index contributed by atoms with van der Waals surface area (Å²) in [7, 11) is 0. The Labute approximate surface area is 163 Å². The van der Waals surface area contributed by atoms with Crippen LogP contribution < -0.4 is 5.32 Å². The molecular formula is C18H28N8S. The van der Waals surface area contributed by atoms with Gasteiger partial charge in [0.05, 0.1) is 5.39 Å². The molecule has 0 spiro atoms. The molecule has 3 aromatic rings. The third kappa shape index (κ3) is 3.51. The number of thiophene rings is 1. The van der Waals surface area contributed by atoms with Gasteiger partial charge in [0.15, 0.2) is 0 Å². The molecule has 0 unspecified atom stereocenters. The number of fused-ring (bicyclic) bond motifs is 5. The van der Waals surface area contributed by atoms with Crippen LogP contribution in [0.5, 0.6) is 0 Å². The van der Waals surface area contributed by atoms with Gasteiger partial charge >= 0.3 is 0 Å². The highest BCUT2D eigenvalue weighted by atomic mass is 32.1. The van der Waals surface area contributed by atoms with E-state index in [9.17, 15) is 0 Å². The van der Waals surface area contributed by atoms with Gasteiger partial charge in [-0.1, -0.05) is 25.9 Å². The predicted octanol–water partition coefficient (Wildman–Crippen LogP) is 2.26. The Balaban J connectivity index is 1.64. The first-order valence-corrected chi connectivity index (χ1v) is 10.8. The second kappa shape index (κ2) is 8.04. The second-order valence-electron chi connectivity index (χ2n) is 6.96. The van der Waals surface area contributed by atoms with Gasteiger partial charge in [-0.15, -0.1) is 11.3 Å². The molecule has 1 aliphatic rings. The molecule has 27 heavy (non-hydrogen) atoms. The van der Waals surface area contributed by atoms with E-state index in [1.807, 2.05) is 11.3 Å². The lowest BCUT2D eigenvalue weighted by Gasteiger charge is -2.25. The molecule has 3 aromatic heterocycles. The number of likely N-dealkylation sites (N-methyl/N-ethyl adjacent to an activating group) is 1. The Bertz CT molecular complexity index is 913. The molecular weight excluding hydrogens is 360 g/mol. The molecule has 0 atom stereocenters. The molecule has 146 valence electrons. The van der Waals surface area contributed by atoms with Gasteiger partial charge in [-0.3, -0.25) is 4.90 Å². The molecule has 0 aromatic carbocycles. The van der Waals surface area contributed by atoms with Crippen LogP contribution in [0.15, 0.2) is 0 Å². The predicted molar refractivity (Wildman–Crippen MR) is 110 cm³/mol. The lowest BCUT2D eigenvalue weighted by Crippen LogP contribution is -2.29. The zero-order chi connectivity index (χ0) is 18.8. The van der Waals surface area contributed by atoms with Crippen molar-refractivity contribution in [2.24, 2.45) is 0 Å². The molecule has 0 fully saturated rings. The molecule has 4 rings (SSSR count). The van der Waals surface area contributed by atoms with Crippen molar-refractivity contribution in [1.82, 2.24) is 34.8 Å². The van der Waals surface area contributed by atoms with Crippen molar-refractivity contribution >= 4 is 33.1 Å². The van der Waals surface area contributed by atoms with E-state index in [4.69, 9.17) is 4.98 Å². The molecule has 0 radical (unpaired) electrons. The average molecular weight is 389 g/mol. The van der Waals surface area contributed by atoms with Gasteiger partial charge < -0.3 is 10.2 Å². The number of tetrazole rings is 1. The van der Waals surface area contributed by atoms with E-state index in [1.165, 1.54) is 15.8 Å². The van der Waals surface area contributed by atoms with Crippen LogP contribution in [0.3, 0.4) is 0 Å². The van der Waals surface area contributed by atoms with Crippen LogP contribution in [-0.4, -0.2) is 74.1 Å². The molecule has 9 heteroatoms. The zero-order valence-corrected chi connectivity index (χ0v) is 17.2. The fourth-order valence-electron chi connectivity index (χ4n) is 3.82. The number of nitrogens with zero attached hydrogens (tertiary/aromatic N) is 7. The zero-order valence-electron chi connectivity index (χ0n) is 16.4. The molecule has 1 N–H and O–H groups in total. The number of anilines is 1. The maximum absolute atomic E-state index is 4.74. The van der Waals surface area contributed by atoms with Gasteiger partial charge in [-0.25, -0.2) is 0 Å². The Hall–Kier alpha value is -1.84. The summed E-state index contributed by atoms with van der Waals surface area (Å²) >= 11 is 1.81. The highest BCUT2D eigenvalue weighted by molar-refractivity contribution is 7.19. The Morgan fingerprint density at radius 1 is 1.22 bits per heavy atom. The Morgan fingerprint density at radius 3 is 2.85 bits per heavy atom. The fraction of sp³-hybridized carbons (Fsp3) is 0.667. The number of hydrogen-bond acceptors (Lipinski definition) is 8. The van der Waals surface area contributed by atoms with Crippen molar-refractivity contribution < 1.29 is 0 Å². The first-order valence-electron chi connectivity index (χ1n) is 9.96. The molecule has 1 aliphatic heterocycles. The highest BCUT2D eigenvalue weighted by Crippen LogP contribution is 2.38. The molecule has 0 amide bonds. The van der Waals surface area contributed by atoms with Crippen molar-refractivity contribution in [2.45, 2.75) is 40.2 Å². The Morgan fingerprint density at radius 2 is 2.07 bits per heavy atom. The third-order valence-electron chi connectivity index (χ3n) is 5.50. The summed E-state index contributed by atoms with van der Waals surface area (Å²) < 4.78 is 1.79. The number of rotatable bonds is 8. The summed E-state index contributed by atoms with van der Waals surface area (Å²) in [6, 6.07) is 0. The number of nitrogens with one attached hydrogen (secondary N) is 1. The third-order valence-corrected chi connectivity index (χ3v) is 6.69. The van der Waals surface area contributed by atoms with Gasteiger partial charge in [0.1, 0.15) is 10.6 Å². The molecule has 0 bridgehead atoms. The first kappa shape index (κ1) is 18.5. The summed E-state index contributed by atoms with van der Waals surface area (Å²) in [5, 5.41) is 16.9. The van der Waals surface area contributed by atoms with Crippen LogP contribution in [0, 0.1) is 0 Å². The fourth-order valence-corrected chi connectivity index (χ4v) is 5.16. The van der Waals surface area contributed by atoms with Crippen molar-refractivity contribution in [3.8, 4) is 0 Å². The van der Waals surface area contributed by atoms with Crippen molar-refractivity contribution in [1.29, 1.82) is 0 Å². The maximum Gasteiger partial charge on any atom is 0.276 e. The number of aromatic nitrogens is 5. The standard InChI is InChI=1S/C18H28N8S/c1-4-24(5-2)10-7-9-19-16-15-13-8-11-25(6-3)12-14(13)27-17(15)26-18(20-16)21-22-23-26/h4-12H2,1-3H3,(H,19,20,21,23). The monoisotopic (exact) mass is 388 g/mol. The van der Waals surface area contributed by atoms with E-state index in [0.29, 0.717) is 5.78 Å². The lowest BCUT2D eigenvalue weighted by atomic mass is 10.0. The van der Waals surface area contributed by atoms with Crippen LogP contribution in [0.1, 0.15) is 37.6 Å². The second-order valence-corrected chi connectivity index (χ2v) is 8.04. The Kier molecular flexibility index (Phi) is 5.51. The van der Waals surface area contributed by atoms with Gasteiger partial charge in [-0.2, -0.15) is 9.50 Å². The van der Waals surface area contributed by atoms with Crippen molar-refractivity contribution in [2.75, 3.05) is 44.6 Å². The molecule has 8 nitrogen and oxygen atoms in total. The quantitative estimate of drug-likeness (QED) is 0.593. The van der Waals surface area contributed by atoms with Crippen LogP contribution in [0.2, 0.25) is 0 Å². The summed E-state index contributed by atoms with van der Waals surface area (Å²) in [6.07, 6.45) is 2.16. The van der Waals surface area contributed by atoms with Crippen molar-refractivity contribution in [3.63, 3.8) is 0 Å². The summed E-state index contributed by atoms with van der Waals surface area (Å²) in [5.41, 5.74) is 1.43. The topological polar surface area (TPSA) is 74.5 Å². The van der Waals surface area contributed by atoms with E-state index in [-0.39, 0.29) is 0 Å². The first-order chi connectivity index (χ1) is 13.2. The van der Waals surface area contributed by atoms with E-state index < -0.39 is 0 Å². The minimum absolute atomic E-state index is 0.569. The SMILES string of the molecule is CCN(CC)CCCNc1nc2nnnn2c2sc3c(c12)CCN(CC)C3. The minimum atomic E-state index is 0.569. The molecule has 0 saturated carbocycles. The van der Waals surface area contributed by atoms with E-state index in [1.54, 1.807) is 4.52 Å². The lowest BCUT2D eigenvalue weighted by molar-refractivity contribution is 0.272. The molecule has 4 heterocycles. The minimum Gasteiger partial charge on any atom is -0.369 e. The maximum atomic E-state index is 4.74. The van der Waals surface area contributed by atoms with Crippen LogP contribution in [0.25, 0.3) is 16.0 Å². The van der Waals surface area contributed by atoms with Crippen LogP contribution >= 0.6 is 11.3 Å². The summed E-state index contributed by atoms with van der Waals surface area (Å²) in [4.78, 5) is 12.2. The van der Waals surface area contributed by atoms with Gasteiger partial charge in [-0.05, 0) is 55.0 Å². The van der Waals surface area contributed by atoms with E-state index in [0.717, 1.165) is 69.3 Å². The van der Waals surface area contributed by atoms with E-state index >= 15 is 0 Å².